The minimum atomic E-state index is 0.304. The number of nitrogens with zero attached hydrogens (tertiary/aromatic N) is 4. The lowest BCUT2D eigenvalue weighted by Gasteiger charge is -2.10. The molecule has 0 saturated heterocycles. The first-order valence-electron chi connectivity index (χ1n) is 5.06. The Balaban J connectivity index is 2.46. The molecule has 2 heterocycles. The van der Waals surface area contributed by atoms with E-state index in [1.807, 2.05) is 6.07 Å². The van der Waals surface area contributed by atoms with Crippen LogP contribution >= 0.6 is 50.7 Å². The molecule has 0 amide bonds. The van der Waals surface area contributed by atoms with Gasteiger partial charge in [-0.2, -0.15) is 5.10 Å². The number of halogens is 4. The molecule has 4 nitrogen and oxygen atoms in total. The van der Waals surface area contributed by atoms with Crippen molar-refractivity contribution in [2.75, 3.05) is 0 Å². The van der Waals surface area contributed by atoms with Gasteiger partial charge in [0.25, 0.3) is 0 Å². The predicted molar refractivity (Wildman–Crippen MR) is 79.4 cm³/mol. The molecule has 0 spiro atoms. The van der Waals surface area contributed by atoms with E-state index >= 15 is 0 Å². The highest BCUT2D eigenvalue weighted by Gasteiger charge is 2.15. The maximum atomic E-state index is 6.21. The van der Waals surface area contributed by atoms with Crippen LogP contribution in [-0.2, 0) is 0 Å². The average Bonchev–Trinajstić information content (AvgIpc) is 2.90. The molecule has 0 aliphatic carbocycles. The second-order valence-electron chi connectivity index (χ2n) is 3.69. The Labute approximate surface area is 131 Å². The van der Waals surface area contributed by atoms with Gasteiger partial charge in [-0.3, -0.25) is 0 Å². The number of pyridine rings is 1. The molecule has 8 heteroatoms. The van der Waals surface area contributed by atoms with Crippen molar-refractivity contribution in [3.05, 3.63) is 44.5 Å². The lowest BCUT2D eigenvalue weighted by Crippen LogP contribution is -1.98. The predicted octanol–water partition coefficient (Wildman–Crippen LogP) is 4.54. The first kappa shape index (κ1) is 13.1. The van der Waals surface area contributed by atoms with Gasteiger partial charge in [-0.15, -0.1) is 0 Å². The molecule has 1 aromatic carbocycles. The molecule has 0 N–H and O–H groups in total. The first-order valence-corrected chi connectivity index (χ1v) is 6.99. The molecule has 0 atom stereocenters. The topological polar surface area (TPSA) is 43.6 Å². The Morgan fingerprint density at radius 2 is 1.89 bits per heavy atom. The molecule has 0 saturated carbocycles. The molecule has 0 bridgehead atoms. The van der Waals surface area contributed by atoms with Gasteiger partial charge >= 0.3 is 0 Å². The summed E-state index contributed by atoms with van der Waals surface area (Å²) in [4.78, 5) is 8.13. The van der Waals surface area contributed by atoms with Crippen LogP contribution in [0.25, 0.3) is 16.6 Å². The largest absolute Gasteiger partial charge is 0.234 e. The second kappa shape index (κ2) is 4.90. The van der Waals surface area contributed by atoms with Crippen molar-refractivity contribution in [3.8, 4) is 5.69 Å². The van der Waals surface area contributed by atoms with Gasteiger partial charge in [0.2, 0.25) is 0 Å². The third-order valence-electron chi connectivity index (χ3n) is 2.55. The van der Waals surface area contributed by atoms with E-state index in [1.165, 1.54) is 6.33 Å². The fourth-order valence-corrected chi connectivity index (χ4v) is 2.86. The van der Waals surface area contributed by atoms with Crippen LogP contribution in [0.2, 0.25) is 15.2 Å². The lowest BCUT2D eigenvalue weighted by atomic mass is 10.2. The maximum Gasteiger partial charge on any atom is 0.138 e. The van der Waals surface area contributed by atoms with Gasteiger partial charge in [-0.25, -0.2) is 14.6 Å². The van der Waals surface area contributed by atoms with E-state index in [1.54, 1.807) is 17.1 Å². The molecule has 2 aromatic heterocycles. The number of benzene rings is 1. The quantitative estimate of drug-likeness (QED) is 0.461. The number of rotatable bonds is 1. The third-order valence-corrected chi connectivity index (χ3v) is 4.46. The Bertz CT molecular complexity index is 773. The molecule has 3 rings (SSSR count). The number of hydrogen-bond donors (Lipinski definition) is 0. The standard InChI is InChI=1S/C11H4BrCl3N4/c12-6-1-5-7(19-4-16-3-17-19)2-8(13)18-11(5)10(15)9(6)14/h1-4H. The van der Waals surface area contributed by atoms with E-state index in [9.17, 15) is 0 Å². The summed E-state index contributed by atoms with van der Waals surface area (Å²) >= 11 is 21.7. The van der Waals surface area contributed by atoms with E-state index in [0.717, 1.165) is 11.1 Å². The summed E-state index contributed by atoms with van der Waals surface area (Å²) in [5, 5.41) is 5.90. The van der Waals surface area contributed by atoms with Crippen LogP contribution < -0.4 is 0 Å². The smallest absolute Gasteiger partial charge is 0.138 e. The van der Waals surface area contributed by atoms with E-state index in [4.69, 9.17) is 34.8 Å². The summed E-state index contributed by atoms with van der Waals surface area (Å²) < 4.78 is 2.27. The van der Waals surface area contributed by atoms with Crippen molar-refractivity contribution in [3.63, 3.8) is 0 Å². The van der Waals surface area contributed by atoms with Gasteiger partial charge in [-0.1, -0.05) is 34.8 Å². The summed E-state index contributed by atoms with van der Waals surface area (Å²) in [6, 6.07) is 3.51. The van der Waals surface area contributed by atoms with Gasteiger partial charge in [-0.05, 0) is 22.0 Å². The van der Waals surface area contributed by atoms with E-state index < -0.39 is 0 Å². The summed E-state index contributed by atoms with van der Waals surface area (Å²) in [6.07, 6.45) is 3.01. The van der Waals surface area contributed by atoms with Crippen LogP contribution in [0.5, 0.6) is 0 Å². The molecular formula is C11H4BrCl3N4. The monoisotopic (exact) mass is 376 g/mol. The Morgan fingerprint density at radius 1 is 1.11 bits per heavy atom. The third kappa shape index (κ3) is 2.21. The van der Waals surface area contributed by atoms with Crippen molar-refractivity contribution in [1.29, 1.82) is 0 Å². The molecule has 0 aliphatic rings. The van der Waals surface area contributed by atoms with Crippen molar-refractivity contribution in [2.45, 2.75) is 0 Å². The zero-order valence-electron chi connectivity index (χ0n) is 9.11. The van der Waals surface area contributed by atoms with Gasteiger partial charge in [0.1, 0.15) is 17.8 Å². The van der Waals surface area contributed by atoms with E-state index in [0.29, 0.717) is 25.2 Å². The van der Waals surface area contributed by atoms with Gasteiger partial charge in [0.15, 0.2) is 0 Å². The van der Waals surface area contributed by atoms with Gasteiger partial charge in [0, 0.05) is 15.9 Å². The van der Waals surface area contributed by atoms with Crippen molar-refractivity contribution in [2.24, 2.45) is 0 Å². The van der Waals surface area contributed by atoms with Crippen molar-refractivity contribution >= 4 is 61.6 Å². The first-order chi connectivity index (χ1) is 9.08. The van der Waals surface area contributed by atoms with Crippen LogP contribution in [0.1, 0.15) is 0 Å². The van der Waals surface area contributed by atoms with Crippen molar-refractivity contribution < 1.29 is 0 Å². The zero-order valence-corrected chi connectivity index (χ0v) is 13.0. The molecule has 0 unspecified atom stereocenters. The molecular weight excluding hydrogens is 374 g/mol. The fraction of sp³-hybridized carbons (Fsp3) is 0. The average molecular weight is 378 g/mol. The summed E-state index contributed by atoms with van der Waals surface area (Å²) in [7, 11) is 0. The summed E-state index contributed by atoms with van der Waals surface area (Å²) in [5.74, 6) is 0. The normalized spacial score (nSPS) is 11.2. The molecule has 0 fully saturated rings. The second-order valence-corrected chi connectivity index (χ2v) is 5.68. The molecule has 0 aliphatic heterocycles. The zero-order chi connectivity index (χ0) is 13.6. The molecule has 3 aromatic rings. The van der Waals surface area contributed by atoms with Crippen molar-refractivity contribution in [1.82, 2.24) is 19.7 Å². The highest BCUT2D eigenvalue weighted by atomic mass is 79.9. The SMILES string of the molecule is Clc1cc(-n2cncn2)c2cc(Br)c(Cl)c(Cl)c2n1. The van der Waals surface area contributed by atoms with Crippen LogP contribution in [0, 0.1) is 0 Å². The minimum Gasteiger partial charge on any atom is -0.234 e. The lowest BCUT2D eigenvalue weighted by molar-refractivity contribution is 0.884. The molecule has 19 heavy (non-hydrogen) atoms. The Hall–Kier alpha value is -0.880. The fourth-order valence-electron chi connectivity index (χ4n) is 1.74. The van der Waals surface area contributed by atoms with Gasteiger partial charge < -0.3 is 0 Å². The highest BCUT2D eigenvalue weighted by molar-refractivity contribution is 9.10. The summed E-state index contributed by atoms with van der Waals surface area (Å²) in [6.45, 7) is 0. The van der Waals surface area contributed by atoms with Crippen LogP contribution in [-0.4, -0.2) is 19.7 Å². The Morgan fingerprint density at radius 3 is 2.58 bits per heavy atom. The van der Waals surface area contributed by atoms with E-state index in [-0.39, 0.29) is 0 Å². The maximum absolute atomic E-state index is 6.21. The van der Waals surface area contributed by atoms with Gasteiger partial charge in [0.05, 0.1) is 21.2 Å². The Kier molecular flexibility index (Phi) is 3.39. The number of aromatic nitrogens is 4. The molecule has 0 radical (unpaired) electrons. The van der Waals surface area contributed by atoms with Crippen LogP contribution in [0.15, 0.2) is 29.3 Å². The van der Waals surface area contributed by atoms with Crippen LogP contribution in [0.4, 0.5) is 0 Å². The molecule has 96 valence electrons. The highest BCUT2D eigenvalue weighted by Crippen LogP contribution is 2.38. The van der Waals surface area contributed by atoms with E-state index in [2.05, 4.69) is 31.0 Å². The minimum absolute atomic E-state index is 0.304. The number of fused-ring (bicyclic) bond motifs is 1. The number of hydrogen-bond acceptors (Lipinski definition) is 3. The van der Waals surface area contributed by atoms with Crippen LogP contribution in [0.3, 0.4) is 0 Å². The summed E-state index contributed by atoms with van der Waals surface area (Å²) in [5.41, 5.74) is 1.25.